The molecule has 38 heavy (non-hydrogen) atoms. The molecule has 1 aromatic heterocycles. The smallest absolute Gasteiger partial charge is 0.326 e. The molecule has 1 heterocycles. The van der Waals surface area contributed by atoms with Crippen LogP contribution in [0.3, 0.4) is 0 Å². The zero-order chi connectivity index (χ0) is 28.4. The van der Waals surface area contributed by atoms with Crippen molar-refractivity contribution < 1.29 is 29.4 Å². The molecule has 5 atom stereocenters. The molecule has 2 rings (SSSR count). The Morgan fingerprint density at radius 2 is 1.58 bits per heavy atom. The van der Waals surface area contributed by atoms with Crippen molar-refractivity contribution in [3.8, 4) is 5.75 Å². The highest BCUT2D eigenvalue weighted by Gasteiger charge is 2.33. The third-order valence-corrected chi connectivity index (χ3v) is 6.42. The summed E-state index contributed by atoms with van der Waals surface area (Å²) in [7, 11) is 0. The van der Waals surface area contributed by atoms with Gasteiger partial charge >= 0.3 is 5.97 Å². The summed E-state index contributed by atoms with van der Waals surface area (Å²) in [5, 5.41) is 27.1. The van der Waals surface area contributed by atoms with Crippen LogP contribution in [0.15, 0.2) is 36.8 Å². The van der Waals surface area contributed by atoms with Gasteiger partial charge in [0.25, 0.3) is 0 Å². The number of aromatic hydroxyl groups is 1. The monoisotopic (exact) mass is 530 g/mol. The van der Waals surface area contributed by atoms with Crippen molar-refractivity contribution in [1.82, 2.24) is 25.9 Å². The molecule has 12 heteroatoms. The fraction of sp³-hybridized carbons (Fsp3) is 0.500. The number of aromatic nitrogens is 2. The van der Waals surface area contributed by atoms with Crippen molar-refractivity contribution in [2.75, 3.05) is 0 Å². The van der Waals surface area contributed by atoms with Gasteiger partial charge in [-0.15, -0.1) is 0 Å². The van der Waals surface area contributed by atoms with Crippen molar-refractivity contribution >= 4 is 23.7 Å². The van der Waals surface area contributed by atoms with Crippen molar-refractivity contribution in [2.24, 2.45) is 17.6 Å². The number of phenols is 1. The lowest BCUT2D eigenvalue weighted by molar-refractivity contribution is -0.142. The second-order valence-electron chi connectivity index (χ2n) is 9.75. The van der Waals surface area contributed by atoms with E-state index in [1.807, 2.05) is 6.92 Å². The van der Waals surface area contributed by atoms with E-state index in [9.17, 15) is 29.4 Å². The molecule has 2 aromatic rings. The average Bonchev–Trinajstić information content (AvgIpc) is 3.39. The molecular formula is C26H38N6O6. The number of nitrogens with two attached hydrogens (primary N) is 1. The van der Waals surface area contributed by atoms with Gasteiger partial charge in [0.15, 0.2) is 0 Å². The Morgan fingerprint density at radius 3 is 2.11 bits per heavy atom. The standard InChI is InChI=1S/C26H38N6O6/c1-5-15(4)22(32-24(35)21(27)14(2)3)25(36)30-19(11-17-12-28-13-29-17)23(34)31-20(26(37)38)10-16-6-8-18(33)9-7-16/h6-9,12-15,19-22,33H,5,10-11,27H2,1-4H3,(H,28,29)(H,30,36)(H,31,34)(H,32,35)(H,37,38). The number of benzene rings is 1. The quantitative estimate of drug-likeness (QED) is 0.183. The van der Waals surface area contributed by atoms with E-state index >= 15 is 0 Å². The molecule has 0 bridgehead atoms. The Kier molecular flexibility index (Phi) is 11.3. The Morgan fingerprint density at radius 1 is 0.947 bits per heavy atom. The number of carbonyl (C=O) groups is 4. The number of imidazole rings is 1. The summed E-state index contributed by atoms with van der Waals surface area (Å²) in [5.41, 5.74) is 7.09. The number of nitrogens with zero attached hydrogens (tertiary/aromatic N) is 1. The lowest BCUT2D eigenvalue weighted by Crippen LogP contribution is -2.59. The molecule has 0 spiro atoms. The number of rotatable bonds is 14. The lowest BCUT2D eigenvalue weighted by Gasteiger charge is -2.28. The van der Waals surface area contributed by atoms with Crippen molar-refractivity contribution in [3.05, 3.63) is 48.0 Å². The van der Waals surface area contributed by atoms with E-state index in [-0.39, 0.29) is 30.4 Å². The molecule has 5 unspecified atom stereocenters. The van der Waals surface area contributed by atoms with Crippen molar-refractivity contribution in [1.29, 1.82) is 0 Å². The van der Waals surface area contributed by atoms with Crippen LogP contribution < -0.4 is 21.7 Å². The Hall–Kier alpha value is -3.93. The molecule has 0 saturated heterocycles. The molecule has 0 fully saturated rings. The van der Waals surface area contributed by atoms with Crippen LogP contribution in [0.25, 0.3) is 0 Å². The third-order valence-electron chi connectivity index (χ3n) is 6.42. The number of hydrogen-bond donors (Lipinski definition) is 7. The van der Waals surface area contributed by atoms with Gasteiger partial charge in [0.05, 0.1) is 12.4 Å². The molecule has 0 saturated carbocycles. The minimum atomic E-state index is -1.29. The molecule has 0 aliphatic carbocycles. The van der Waals surface area contributed by atoms with Crippen LogP contribution in [0, 0.1) is 11.8 Å². The number of H-pyrrole nitrogens is 1. The van der Waals surface area contributed by atoms with Gasteiger partial charge < -0.3 is 36.9 Å². The van der Waals surface area contributed by atoms with Crippen LogP contribution >= 0.6 is 0 Å². The van der Waals surface area contributed by atoms with Crippen LogP contribution in [0.1, 0.15) is 45.4 Å². The van der Waals surface area contributed by atoms with Gasteiger partial charge in [-0.1, -0.05) is 46.2 Å². The Labute approximate surface area is 221 Å². The highest BCUT2D eigenvalue weighted by Crippen LogP contribution is 2.13. The summed E-state index contributed by atoms with van der Waals surface area (Å²) in [4.78, 5) is 58.0. The summed E-state index contributed by atoms with van der Waals surface area (Å²) in [6.45, 7) is 7.26. The summed E-state index contributed by atoms with van der Waals surface area (Å²) < 4.78 is 0. The fourth-order valence-electron chi connectivity index (χ4n) is 3.68. The number of nitrogens with one attached hydrogen (secondary N) is 4. The normalized spacial score (nSPS) is 15.1. The number of hydrogen-bond acceptors (Lipinski definition) is 7. The number of aromatic amines is 1. The average molecular weight is 531 g/mol. The second kappa shape index (κ2) is 14.1. The van der Waals surface area contributed by atoms with Gasteiger partial charge in [-0.25, -0.2) is 9.78 Å². The van der Waals surface area contributed by atoms with Gasteiger partial charge in [-0.3, -0.25) is 14.4 Å². The van der Waals surface area contributed by atoms with Gasteiger partial charge in [0.1, 0.15) is 23.9 Å². The molecule has 12 nitrogen and oxygen atoms in total. The van der Waals surface area contributed by atoms with E-state index in [1.165, 1.54) is 24.7 Å². The van der Waals surface area contributed by atoms with Crippen LogP contribution in [-0.4, -0.2) is 68.0 Å². The van der Waals surface area contributed by atoms with Gasteiger partial charge in [-0.2, -0.15) is 0 Å². The second-order valence-corrected chi connectivity index (χ2v) is 9.75. The minimum Gasteiger partial charge on any atom is -0.508 e. The minimum absolute atomic E-state index is 0.00972. The molecular weight excluding hydrogens is 492 g/mol. The number of amides is 3. The fourth-order valence-corrected chi connectivity index (χ4v) is 3.68. The highest BCUT2D eigenvalue weighted by atomic mass is 16.4. The molecule has 1 aromatic carbocycles. The summed E-state index contributed by atoms with van der Waals surface area (Å²) >= 11 is 0. The van der Waals surface area contributed by atoms with E-state index in [4.69, 9.17) is 5.73 Å². The van der Waals surface area contributed by atoms with E-state index in [2.05, 4.69) is 25.9 Å². The number of carbonyl (C=O) groups excluding carboxylic acids is 3. The SMILES string of the molecule is CCC(C)C(NC(=O)C(N)C(C)C)C(=O)NC(Cc1cnc[nH]1)C(=O)NC(Cc1ccc(O)cc1)C(=O)O. The van der Waals surface area contributed by atoms with Crippen molar-refractivity contribution in [2.45, 2.75) is 71.1 Å². The Bertz CT molecular complexity index is 1070. The maximum absolute atomic E-state index is 13.3. The largest absolute Gasteiger partial charge is 0.508 e. The van der Waals surface area contributed by atoms with E-state index in [0.717, 1.165) is 0 Å². The van der Waals surface area contributed by atoms with Gasteiger partial charge in [0.2, 0.25) is 17.7 Å². The van der Waals surface area contributed by atoms with E-state index in [0.29, 0.717) is 17.7 Å². The zero-order valence-electron chi connectivity index (χ0n) is 22.1. The molecule has 3 amide bonds. The van der Waals surface area contributed by atoms with Gasteiger partial charge in [0, 0.05) is 24.7 Å². The number of carboxylic acids is 1. The van der Waals surface area contributed by atoms with Crippen LogP contribution in [0.4, 0.5) is 0 Å². The van der Waals surface area contributed by atoms with Gasteiger partial charge in [-0.05, 0) is 29.5 Å². The third kappa shape index (κ3) is 8.87. The number of carboxylic acid groups (broad SMARTS) is 1. The predicted molar refractivity (Wildman–Crippen MR) is 140 cm³/mol. The maximum atomic E-state index is 13.3. The lowest BCUT2D eigenvalue weighted by atomic mass is 9.96. The number of aliphatic carboxylic acids is 1. The van der Waals surface area contributed by atoms with Crippen LogP contribution in [-0.2, 0) is 32.0 Å². The molecule has 208 valence electrons. The van der Waals surface area contributed by atoms with E-state index < -0.39 is 47.9 Å². The van der Waals surface area contributed by atoms with Crippen LogP contribution in [0.2, 0.25) is 0 Å². The highest BCUT2D eigenvalue weighted by molar-refractivity contribution is 5.94. The molecule has 8 N–H and O–H groups in total. The summed E-state index contributed by atoms with van der Waals surface area (Å²) in [5.74, 6) is -3.42. The Balaban J connectivity index is 2.24. The van der Waals surface area contributed by atoms with Crippen LogP contribution in [0.5, 0.6) is 5.75 Å². The first-order valence-corrected chi connectivity index (χ1v) is 12.6. The molecule has 0 radical (unpaired) electrons. The topological polar surface area (TPSA) is 200 Å². The first kappa shape index (κ1) is 30.3. The zero-order valence-corrected chi connectivity index (χ0v) is 22.1. The summed E-state index contributed by atoms with van der Waals surface area (Å²) in [6, 6.07) is 1.74. The molecule has 0 aliphatic rings. The summed E-state index contributed by atoms with van der Waals surface area (Å²) in [6.07, 6.45) is 3.46. The predicted octanol–water partition coefficient (Wildman–Crippen LogP) is 0.469. The first-order valence-electron chi connectivity index (χ1n) is 12.6. The van der Waals surface area contributed by atoms with E-state index in [1.54, 1.807) is 32.9 Å². The first-order chi connectivity index (χ1) is 17.9. The maximum Gasteiger partial charge on any atom is 0.326 e. The van der Waals surface area contributed by atoms with Crippen molar-refractivity contribution in [3.63, 3.8) is 0 Å². The number of phenolic OH excluding ortho intramolecular Hbond substituents is 1. The molecule has 0 aliphatic heterocycles.